The summed E-state index contributed by atoms with van der Waals surface area (Å²) in [7, 11) is 0. The Kier molecular flexibility index (Phi) is 4.16. The van der Waals surface area contributed by atoms with Crippen molar-refractivity contribution < 1.29 is 9.90 Å². The molecule has 0 bridgehead atoms. The molecule has 0 aliphatic rings. The molecule has 0 aliphatic heterocycles. The van der Waals surface area contributed by atoms with Crippen molar-refractivity contribution in [3.05, 3.63) is 41.5 Å². The first kappa shape index (κ1) is 13.5. The molecular weight excluding hydrogens is 266 g/mol. The molecule has 0 radical (unpaired) electrons. The van der Waals surface area contributed by atoms with E-state index in [-0.39, 0.29) is 12.3 Å². The summed E-state index contributed by atoms with van der Waals surface area (Å²) < 4.78 is 1.90. The van der Waals surface area contributed by atoms with Gasteiger partial charge in [-0.1, -0.05) is 19.1 Å². The molecule has 19 heavy (non-hydrogen) atoms. The number of alkyl halides is 1. The Morgan fingerprint density at radius 1 is 1.26 bits per heavy atom. The molecule has 0 amide bonds. The van der Waals surface area contributed by atoms with Gasteiger partial charge in [0.25, 0.3) is 0 Å². The zero-order valence-corrected chi connectivity index (χ0v) is 11.3. The van der Waals surface area contributed by atoms with Crippen molar-refractivity contribution in [2.45, 2.75) is 25.6 Å². The average Bonchev–Trinajstić information content (AvgIpc) is 2.82. The summed E-state index contributed by atoms with van der Waals surface area (Å²) in [6.07, 6.45) is 0.770. The Balaban J connectivity index is 2.36. The van der Waals surface area contributed by atoms with E-state index >= 15 is 0 Å². The summed E-state index contributed by atoms with van der Waals surface area (Å²) in [5.74, 6) is 0.961. The summed E-state index contributed by atoms with van der Waals surface area (Å²) in [5, 5.41) is 16.9. The van der Waals surface area contributed by atoms with Crippen molar-refractivity contribution in [2.75, 3.05) is 0 Å². The Morgan fingerprint density at radius 2 is 1.89 bits per heavy atom. The van der Waals surface area contributed by atoms with E-state index in [2.05, 4.69) is 10.2 Å². The summed E-state index contributed by atoms with van der Waals surface area (Å²) in [6, 6.07) is 7.30. The van der Waals surface area contributed by atoms with Crippen LogP contribution in [0, 0.1) is 0 Å². The highest BCUT2D eigenvalue weighted by molar-refractivity contribution is 6.16. The highest BCUT2D eigenvalue weighted by atomic mass is 35.5. The fourth-order valence-corrected chi connectivity index (χ4v) is 2.08. The summed E-state index contributed by atoms with van der Waals surface area (Å²) in [5.41, 5.74) is 1.65. The van der Waals surface area contributed by atoms with Crippen molar-refractivity contribution >= 4 is 17.6 Å². The number of aromatic nitrogens is 3. The van der Waals surface area contributed by atoms with Crippen molar-refractivity contribution in [1.82, 2.24) is 14.8 Å². The summed E-state index contributed by atoms with van der Waals surface area (Å²) in [6.45, 7) is 2.00. The van der Waals surface area contributed by atoms with Gasteiger partial charge < -0.3 is 5.11 Å². The first-order chi connectivity index (χ1) is 9.15. The third kappa shape index (κ3) is 2.93. The third-order valence-electron chi connectivity index (χ3n) is 2.78. The lowest BCUT2D eigenvalue weighted by atomic mass is 10.1. The Bertz CT molecular complexity index is 557. The molecule has 6 heteroatoms. The number of carbonyl (C=O) groups is 1. The number of carboxylic acid groups (broad SMARTS) is 1. The van der Waals surface area contributed by atoms with Crippen LogP contribution in [0.1, 0.15) is 24.1 Å². The molecular formula is C13H14ClN3O2. The summed E-state index contributed by atoms with van der Waals surface area (Å²) >= 11 is 5.85. The van der Waals surface area contributed by atoms with Crippen LogP contribution in [0.2, 0.25) is 0 Å². The quantitative estimate of drug-likeness (QED) is 0.852. The van der Waals surface area contributed by atoms with Crippen molar-refractivity contribution in [3.8, 4) is 5.69 Å². The average molecular weight is 280 g/mol. The molecule has 5 nitrogen and oxygen atoms in total. The van der Waals surface area contributed by atoms with Gasteiger partial charge in [0, 0.05) is 12.1 Å². The molecule has 1 heterocycles. The molecule has 2 aromatic rings. The largest absolute Gasteiger partial charge is 0.481 e. The molecule has 0 unspecified atom stereocenters. The lowest BCUT2D eigenvalue weighted by Gasteiger charge is -2.09. The van der Waals surface area contributed by atoms with E-state index in [0.29, 0.717) is 5.82 Å². The number of benzene rings is 1. The van der Waals surface area contributed by atoms with Crippen LogP contribution >= 0.6 is 11.6 Å². The van der Waals surface area contributed by atoms with Crippen molar-refractivity contribution in [1.29, 1.82) is 0 Å². The normalized spacial score (nSPS) is 10.6. The SMILES string of the molecule is CCc1nnc(CCl)n1-c1ccc(CC(=O)O)cc1. The van der Waals surface area contributed by atoms with Crippen LogP contribution in [-0.2, 0) is 23.5 Å². The fourth-order valence-electron chi connectivity index (χ4n) is 1.90. The van der Waals surface area contributed by atoms with E-state index in [0.717, 1.165) is 23.5 Å². The number of rotatable bonds is 5. The lowest BCUT2D eigenvalue weighted by molar-refractivity contribution is -0.136. The molecule has 0 atom stereocenters. The van der Waals surface area contributed by atoms with Gasteiger partial charge >= 0.3 is 5.97 Å². The first-order valence-electron chi connectivity index (χ1n) is 5.96. The molecule has 1 aromatic carbocycles. The predicted octanol–water partition coefficient (Wildman–Crippen LogP) is 2.20. The highest BCUT2D eigenvalue weighted by Crippen LogP contribution is 2.16. The smallest absolute Gasteiger partial charge is 0.307 e. The van der Waals surface area contributed by atoms with Gasteiger partial charge in [0.15, 0.2) is 5.82 Å². The predicted molar refractivity (Wildman–Crippen MR) is 71.6 cm³/mol. The van der Waals surface area contributed by atoms with Gasteiger partial charge in [-0.15, -0.1) is 21.8 Å². The van der Waals surface area contributed by atoms with Crippen LogP contribution < -0.4 is 0 Å². The first-order valence-corrected chi connectivity index (χ1v) is 6.49. The fraction of sp³-hybridized carbons (Fsp3) is 0.308. The molecule has 0 saturated heterocycles. The number of halogens is 1. The number of hydrogen-bond donors (Lipinski definition) is 1. The van der Waals surface area contributed by atoms with Gasteiger partial charge in [-0.2, -0.15) is 0 Å². The van der Waals surface area contributed by atoms with Gasteiger partial charge in [0.05, 0.1) is 12.3 Å². The monoisotopic (exact) mass is 279 g/mol. The van der Waals surface area contributed by atoms with Gasteiger partial charge in [-0.3, -0.25) is 9.36 Å². The van der Waals surface area contributed by atoms with Crippen molar-refractivity contribution in [3.63, 3.8) is 0 Å². The molecule has 2 rings (SSSR count). The molecule has 0 fully saturated rings. The molecule has 0 aliphatic carbocycles. The molecule has 0 spiro atoms. The van der Waals surface area contributed by atoms with E-state index in [1.807, 2.05) is 23.6 Å². The van der Waals surface area contributed by atoms with Crippen LogP contribution in [0.5, 0.6) is 0 Å². The second-order valence-corrected chi connectivity index (χ2v) is 4.36. The maximum Gasteiger partial charge on any atom is 0.307 e. The zero-order chi connectivity index (χ0) is 13.8. The number of carboxylic acids is 1. The van der Waals surface area contributed by atoms with Crippen LogP contribution in [-0.4, -0.2) is 25.8 Å². The van der Waals surface area contributed by atoms with E-state index in [1.165, 1.54) is 0 Å². The number of nitrogens with zero attached hydrogens (tertiary/aromatic N) is 3. The van der Waals surface area contributed by atoms with Gasteiger partial charge in [-0.05, 0) is 17.7 Å². The molecule has 0 saturated carbocycles. The highest BCUT2D eigenvalue weighted by Gasteiger charge is 2.11. The zero-order valence-electron chi connectivity index (χ0n) is 10.5. The van der Waals surface area contributed by atoms with Crippen LogP contribution in [0.25, 0.3) is 5.69 Å². The minimum absolute atomic E-state index is 0.0193. The van der Waals surface area contributed by atoms with Crippen LogP contribution in [0.3, 0.4) is 0 Å². The second-order valence-electron chi connectivity index (χ2n) is 4.09. The molecule has 1 N–H and O–H groups in total. The maximum atomic E-state index is 10.6. The van der Waals surface area contributed by atoms with E-state index in [1.54, 1.807) is 12.1 Å². The summed E-state index contributed by atoms with van der Waals surface area (Å²) in [4.78, 5) is 10.6. The molecule has 1 aromatic heterocycles. The standard InChI is InChI=1S/C13H14ClN3O2/c1-2-11-15-16-12(8-14)17(11)10-5-3-9(4-6-10)7-13(18)19/h3-6H,2,7-8H2,1H3,(H,18,19). The Hall–Kier alpha value is -1.88. The van der Waals surface area contributed by atoms with Crippen LogP contribution in [0.15, 0.2) is 24.3 Å². The van der Waals surface area contributed by atoms with Gasteiger partial charge in [0.2, 0.25) is 0 Å². The minimum Gasteiger partial charge on any atom is -0.481 e. The van der Waals surface area contributed by atoms with Gasteiger partial charge in [-0.25, -0.2) is 0 Å². The maximum absolute atomic E-state index is 10.6. The van der Waals surface area contributed by atoms with E-state index < -0.39 is 5.97 Å². The lowest BCUT2D eigenvalue weighted by Crippen LogP contribution is -2.05. The van der Waals surface area contributed by atoms with E-state index in [9.17, 15) is 4.79 Å². The van der Waals surface area contributed by atoms with Crippen molar-refractivity contribution in [2.24, 2.45) is 0 Å². The molecule has 100 valence electrons. The number of aliphatic carboxylic acids is 1. The van der Waals surface area contributed by atoms with Gasteiger partial charge in [0.1, 0.15) is 5.82 Å². The third-order valence-corrected chi connectivity index (χ3v) is 3.02. The van der Waals surface area contributed by atoms with Crippen LogP contribution in [0.4, 0.5) is 0 Å². The van der Waals surface area contributed by atoms with E-state index in [4.69, 9.17) is 16.7 Å². The Morgan fingerprint density at radius 3 is 2.42 bits per heavy atom. The number of hydrogen-bond acceptors (Lipinski definition) is 3. The Labute approximate surface area is 115 Å². The minimum atomic E-state index is -0.840. The topological polar surface area (TPSA) is 68.0 Å². The second kappa shape index (κ2) is 5.84. The number of aryl methyl sites for hydroxylation is 1.